The fourth-order valence-corrected chi connectivity index (χ4v) is 3.55. The molecule has 1 heterocycles. The average Bonchev–Trinajstić information content (AvgIpc) is 3.06. The smallest absolute Gasteiger partial charge is 0.267 e. The van der Waals surface area contributed by atoms with Gasteiger partial charge in [-0.05, 0) is 37.3 Å². The number of hydrogen-bond donors (Lipinski definition) is 1. The minimum Gasteiger partial charge on any atom is -0.398 e. The number of para-hydroxylation sites is 1. The molecule has 3 aromatic rings. The third-order valence-corrected chi connectivity index (χ3v) is 5.38. The molecule has 122 valence electrons. The molecule has 0 spiro atoms. The standard InChI is InChI=1S/C18H16N2O3S/c1-13-6-8-15(9-7-13)24(22,23)20-11-10-14(12-20)18(21)16-4-2-3-5-17(16)19/h2-12H,19H2,1H3. The van der Waals surface area contributed by atoms with Crippen molar-refractivity contribution in [1.82, 2.24) is 3.97 Å². The number of rotatable bonds is 4. The maximum Gasteiger partial charge on any atom is 0.267 e. The highest BCUT2D eigenvalue weighted by Crippen LogP contribution is 2.20. The van der Waals surface area contributed by atoms with Crippen LogP contribution in [0.2, 0.25) is 0 Å². The number of carbonyl (C=O) groups is 1. The summed E-state index contributed by atoms with van der Waals surface area (Å²) in [6.07, 6.45) is 2.67. The number of nitrogens with zero attached hydrogens (tertiary/aromatic N) is 1. The minimum atomic E-state index is -3.73. The molecule has 2 N–H and O–H groups in total. The molecule has 6 heteroatoms. The molecule has 0 fully saturated rings. The van der Waals surface area contributed by atoms with Gasteiger partial charge in [0.15, 0.2) is 5.78 Å². The van der Waals surface area contributed by atoms with Gasteiger partial charge in [0.2, 0.25) is 0 Å². The normalized spacial score (nSPS) is 11.4. The number of aryl methyl sites for hydroxylation is 1. The minimum absolute atomic E-state index is 0.168. The summed E-state index contributed by atoms with van der Waals surface area (Å²) in [4.78, 5) is 12.7. The largest absolute Gasteiger partial charge is 0.398 e. The summed E-state index contributed by atoms with van der Waals surface area (Å²) < 4.78 is 26.3. The van der Waals surface area contributed by atoms with Gasteiger partial charge in [0, 0.05) is 29.2 Å². The van der Waals surface area contributed by atoms with Crippen molar-refractivity contribution in [3.63, 3.8) is 0 Å². The summed E-state index contributed by atoms with van der Waals surface area (Å²) in [7, 11) is -3.73. The third kappa shape index (κ3) is 2.83. The Bertz CT molecular complexity index is 1000. The molecule has 0 saturated carbocycles. The molecular weight excluding hydrogens is 324 g/mol. The Labute approximate surface area is 140 Å². The van der Waals surface area contributed by atoms with Gasteiger partial charge in [-0.15, -0.1) is 0 Å². The molecule has 0 radical (unpaired) electrons. The first-order chi connectivity index (χ1) is 11.4. The highest BCUT2D eigenvalue weighted by molar-refractivity contribution is 7.90. The zero-order chi connectivity index (χ0) is 17.3. The van der Waals surface area contributed by atoms with Crippen LogP contribution in [-0.4, -0.2) is 18.2 Å². The van der Waals surface area contributed by atoms with Crippen LogP contribution >= 0.6 is 0 Å². The second-order valence-electron chi connectivity index (χ2n) is 5.46. The number of nitrogen functional groups attached to an aromatic ring is 1. The fourth-order valence-electron chi connectivity index (χ4n) is 2.35. The molecule has 0 unspecified atom stereocenters. The Morgan fingerprint density at radius 1 is 1.00 bits per heavy atom. The van der Waals surface area contributed by atoms with E-state index < -0.39 is 10.0 Å². The maximum absolute atomic E-state index is 12.6. The molecule has 5 nitrogen and oxygen atoms in total. The topological polar surface area (TPSA) is 82.2 Å². The summed E-state index contributed by atoms with van der Waals surface area (Å²) in [6, 6.07) is 14.7. The Hall–Kier alpha value is -2.86. The SMILES string of the molecule is Cc1ccc(S(=O)(=O)n2ccc(C(=O)c3ccccc3N)c2)cc1. The number of benzene rings is 2. The van der Waals surface area contributed by atoms with E-state index in [1.165, 1.54) is 18.5 Å². The van der Waals surface area contributed by atoms with E-state index in [9.17, 15) is 13.2 Å². The van der Waals surface area contributed by atoms with Gasteiger partial charge in [-0.25, -0.2) is 12.4 Å². The number of carbonyl (C=O) groups excluding carboxylic acids is 1. The Balaban J connectivity index is 1.97. The lowest BCUT2D eigenvalue weighted by Gasteiger charge is -2.06. The van der Waals surface area contributed by atoms with Crippen molar-refractivity contribution in [3.8, 4) is 0 Å². The second-order valence-corrected chi connectivity index (χ2v) is 7.31. The van der Waals surface area contributed by atoms with Crippen LogP contribution in [-0.2, 0) is 10.0 Å². The number of anilines is 1. The van der Waals surface area contributed by atoms with E-state index in [1.54, 1.807) is 48.5 Å². The van der Waals surface area contributed by atoms with Gasteiger partial charge in [0.05, 0.1) is 4.90 Å². The van der Waals surface area contributed by atoms with Crippen molar-refractivity contribution in [2.75, 3.05) is 5.73 Å². The zero-order valence-corrected chi connectivity index (χ0v) is 13.8. The summed E-state index contributed by atoms with van der Waals surface area (Å²) in [5.41, 5.74) is 7.76. The Morgan fingerprint density at radius 3 is 2.33 bits per heavy atom. The Morgan fingerprint density at radius 2 is 1.67 bits per heavy atom. The van der Waals surface area contributed by atoms with Crippen molar-refractivity contribution in [1.29, 1.82) is 0 Å². The zero-order valence-electron chi connectivity index (χ0n) is 13.0. The molecule has 1 aromatic heterocycles. The molecule has 0 bridgehead atoms. The summed E-state index contributed by atoms with van der Waals surface area (Å²) in [6.45, 7) is 1.88. The number of nitrogens with two attached hydrogens (primary N) is 1. The van der Waals surface area contributed by atoms with Gasteiger partial charge < -0.3 is 5.73 Å². The van der Waals surface area contributed by atoms with E-state index in [2.05, 4.69) is 0 Å². The molecule has 3 rings (SSSR count). The molecular formula is C18H16N2O3S. The van der Waals surface area contributed by atoms with Crippen LogP contribution in [0.25, 0.3) is 0 Å². The van der Waals surface area contributed by atoms with E-state index >= 15 is 0 Å². The molecule has 0 saturated heterocycles. The van der Waals surface area contributed by atoms with Crippen LogP contribution in [0.1, 0.15) is 21.5 Å². The Kier molecular flexibility index (Phi) is 3.99. The monoisotopic (exact) mass is 340 g/mol. The first kappa shape index (κ1) is 16.0. The predicted octanol–water partition coefficient (Wildman–Crippen LogP) is 2.85. The van der Waals surface area contributed by atoms with E-state index in [0.717, 1.165) is 9.54 Å². The van der Waals surface area contributed by atoms with Crippen molar-refractivity contribution >= 4 is 21.5 Å². The molecule has 0 atom stereocenters. The van der Waals surface area contributed by atoms with Gasteiger partial charge >= 0.3 is 0 Å². The summed E-state index contributed by atoms with van der Waals surface area (Å²) in [5.74, 6) is -0.314. The van der Waals surface area contributed by atoms with Crippen LogP contribution in [0.5, 0.6) is 0 Å². The van der Waals surface area contributed by atoms with Crippen molar-refractivity contribution < 1.29 is 13.2 Å². The van der Waals surface area contributed by atoms with Crippen LogP contribution in [0, 0.1) is 6.92 Å². The molecule has 24 heavy (non-hydrogen) atoms. The molecule has 0 aliphatic rings. The van der Waals surface area contributed by atoms with Crippen LogP contribution in [0.4, 0.5) is 5.69 Å². The van der Waals surface area contributed by atoms with Gasteiger partial charge in [0.25, 0.3) is 10.0 Å². The van der Waals surface area contributed by atoms with Gasteiger partial charge in [-0.2, -0.15) is 0 Å². The highest BCUT2D eigenvalue weighted by atomic mass is 32.2. The molecule has 2 aromatic carbocycles. The lowest BCUT2D eigenvalue weighted by atomic mass is 10.0. The van der Waals surface area contributed by atoms with Crippen LogP contribution in [0.15, 0.2) is 71.9 Å². The summed E-state index contributed by atoms with van der Waals surface area (Å²) in [5, 5.41) is 0. The van der Waals surface area contributed by atoms with Gasteiger partial charge in [-0.1, -0.05) is 29.8 Å². The lowest BCUT2D eigenvalue weighted by Crippen LogP contribution is -2.11. The number of ketones is 1. The number of aromatic nitrogens is 1. The van der Waals surface area contributed by atoms with E-state index in [-0.39, 0.29) is 16.2 Å². The van der Waals surface area contributed by atoms with Crippen molar-refractivity contribution in [2.45, 2.75) is 11.8 Å². The highest BCUT2D eigenvalue weighted by Gasteiger charge is 2.19. The van der Waals surface area contributed by atoms with Gasteiger partial charge in [0.1, 0.15) is 0 Å². The first-order valence-corrected chi connectivity index (χ1v) is 8.73. The fraction of sp³-hybridized carbons (Fsp3) is 0.0556. The average molecular weight is 340 g/mol. The van der Waals surface area contributed by atoms with Crippen LogP contribution < -0.4 is 5.73 Å². The van der Waals surface area contributed by atoms with E-state index in [0.29, 0.717) is 11.3 Å². The van der Waals surface area contributed by atoms with Crippen molar-refractivity contribution in [2.24, 2.45) is 0 Å². The number of hydrogen-bond acceptors (Lipinski definition) is 4. The second kappa shape index (κ2) is 5.98. The van der Waals surface area contributed by atoms with Crippen LogP contribution in [0.3, 0.4) is 0 Å². The predicted molar refractivity (Wildman–Crippen MR) is 92.5 cm³/mol. The van der Waals surface area contributed by atoms with Gasteiger partial charge in [-0.3, -0.25) is 4.79 Å². The molecule has 0 amide bonds. The lowest BCUT2D eigenvalue weighted by molar-refractivity contribution is 0.103. The molecule has 0 aliphatic carbocycles. The van der Waals surface area contributed by atoms with E-state index in [1.807, 2.05) is 6.92 Å². The molecule has 0 aliphatic heterocycles. The maximum atomic E-state index is 12.6. The summed E-state index contributed by atoms with van der Waals surface area (Å²) >= 11 is 0. The third-order valence-electron chi connectivity index (χ3n) is 3.73. The quantitative estimate of drug-likeness (QED) is 0.585. The van der Waals surface area contributed by atoms with Crippen molar-refractivity contribution in [3.05, 3.63) is 83.7 Å². The van der Waals surface area contributed by atoms with E-state index in [4.69, 9.17) is 5.73 Å². The first-order valence-electron chi connectivity index (χ1n) is 7.29.